The summed E-state index contributed by atoms with van der Waals surface area (Å²) in [5.41, 5.74) is 0. The Balaban J connectivity index is 3.60. The predicted molar refractivity (Wildman–Crippen MR) is 62.3 cm³/mol. The van der Waals surface area contributed by atoms with Crippen molar-refractivity contribution >= 4 is 11.9 Å². The molecule has 2 unspecified atom stereocenters. The molecule has 17 heavy (non-hydrogen) atoms. The number of carboxylic acid groups (broad SMARTS) is 1. The monoisotopic (exact) mass is 246 g/mol. The van der Waals surface area contributed by atoms with Crippen molar-refractivity contribution in [3.8, 4) is 0 Å². The van der Waals surface area contributed by atoms with Gasteiger partial charge in [0.25, 0.3) is 0 Å². The molecule has 0 fully saturated rings. The molecule has 0 aliphatic carbocycles. The number of rotatable bonds is 9. The van der Waals surface area contributed by atoms with Crippen molar-refractivity contribution in [3.63, 3.8) is 0 Å². The van der Waals surface area contributed by atoms with Gasteiger partial charge in [-0.25, -0.2) is 0 Å². The average molecular weight is 246 g/mol. The van der Waals surface area contributed by atoms with Gasteiger partial charge in [0.05, 0.1) is 0 Å². The number of aliphatic hydroxyl groups is 1. The summed E-state index contributed by atoms with van der Waals surface area (Å²) in [5, 5.41) is 17.8. The van der Waals surface area contributed by atoms with E-state index in [1.807, 2.05) is 13.8 Å². The van der Waals surface area contributed by atoms with Crippen molar-refractivity contribution in [2.24, 2.45) is 5.92 Å². The Morgan fingerprint density at radius 2 is 1.82 bits per heavy atom. The molecule has 0 aliphatic heterocycles. The van der Waals surface area contributed by atoms with Crippen LogP contribution >= 0.6 is 0 Å². The number of aliphatic hydroxyl groups excluding tert-OH is 1. The Labute approximate surface area is 102 Å². The van der Waals surface area contributed by atoms with Gasteiger partial charge in [-0.3, -0.25) is 9.59 Å². The van der Waals surface area contributed by atoms with Crippen LogP contribution in [0.15, 0.2) is 0 Å². The summed E-state index contributed by atoms with van der Waals surface area (Å²) in [6, 6.07) is 0. The normalized spacial score (nSPS) is 14.1. The highest BCUT2D eigenvalue weighted by Gasteiger charge is 2.13. The van der Waals surface area contributed by atoms with Crippen LogP contribution in [0, 0.1) is 5.92 Å². The molecular weight excluding hydrogens is 224 g/mol. The van der Waals surface area contributed by atoms with Crippen LogP contribution in [-0.2, 0) is 14.3 Å². The molecule has 0 aromatic carbocycles. The van der Waals surface area contributed by atoms with Crippen LogP contribution in [0.3, 0.4) is 0 Å². The molecule has 5 heteroatoms. The SMILES string of the molecule is CCC(C)CC(O)OC(=O)CCCCC(=O)O. The van der Waals surface area contributed by atoms with Crippen LogP contribution < -0.4 is 0 Å². The van der Waals surface area contributed by atoms with Crippen LogP contribution in [0.1, 0.15) is 52.4 Å². The van der Waals surface area contributed by atoms with Crippen molar-refractivity contribution in [2.45, 2.75) is 58.7 Å². The summed E-state index contributed by atoms with van der Waals surface area (Å²) in [4.78, 5) is 21.5. The van der Waals surface area contributed by atoms with E-state index in [-0.39, 0.29) is 12.8 Å². The summed E-state index contributed by atoms with van der Waals surface area (Å²) in [5.74, 6) is -1.02. The summed E-state index contributed by atoms with van der Waals surface area (Å²) in [6.07, 6.45) is 1.46. The Morgan fingerprint density at radius 1 is 1.24 bits per heavy atom. The zero-order valence-electron chi connectivity index (χ0n) is 10.5. The molecule has 0 saturated heterocycles. The second kappa shape index (κ2) is 8.98. The van der Waals surface area contributed by atoms with E-state index in [4.69, 9.17) is 9.84 Å². The molecule has 0 aromatic rings. The third kappa shape index (κ3) is 9.81. The summed E-state index contributed by atoms with van der Waals surface area (Å²) in [6.45, 7) is 3.98. The van der Waals surface area contributed by atoms with E-state index in [0.717, 1.165) is 6.42 Å². The van der Waals surface area contributed by atoms with Crippen LogP contribution in [0.5, 0.6) is 0 Å². The molecule has 5 nitrogen and oxygen atoms in total. The number of esters is 1. The van der Waals surface area contributed by atoms with Gasteiger partial charge in [0.15, 0.2) is 0 Å². The molecule has 0 aromatic heterocycles. The van der Waals surface area contributed by atoms with E-state index in [1.54, 1.807) is 0 Å². The zero-order valence-corrected chi connectivity index (χ0v) is 10.5. The number of carbonyl (C=O) groups is 2. The van der Waals surface area contributed by atoms with Crippen molar-refractivity contribution in [3.05, 3.63) is 0 Å². The van der Waals surface area contributed by atoms with E-state index >= 15 is 0 Å². The molecular formula is C12H22O5. The second-order valence-corrected chi connectivity index (χ2v) is 4.29. The quantitative estimate of drug-likeness (QED) is 0.369. The minimum absolute atomic E-state index is 0.0582. The number of hydrogen-bond donors (Lipinski definition) is 2. The topological polar surface area (TPSA) is 83.8 Å². The van der Waals surface area contributed by atoms with Gasteiger partial charge in [0.1, 0.15) is 0 Å². The summed E-state index contributed by atoms with van der Waals surface area (Å²) < 4.78 is 4.80. The Hall–Kier alpha value is -1.10. The van der Waals surface area contributed by atoms with Crippen LogP contribution in [0.4, 0.5) is 0 Å². The minimum atomic E-state index is -1.04. The molecule has 2 N–H and O–H groups in total. The first-order valence-electron chi connectivity index (χ1n) is 6.05. The largest absolute Gasteiger partial charge is 0.481 e. The molecule has 100 valence electrons. The Bertz CT molecular complexity index is 239. The standard InChI is InChI=1S/C12H22O5/c1-3-9(2)8-12(16)17-11(15)7-5-4-6-10(13)14/h9,12,16H,3-8H2,1-2H3,(H,13,14). The van der Waals surface area contributed by atoms with Crippen LogP contribution in [0.2, 0.25) is 0 Å². The van der Waals surface area contributed by atoms with Gasteiger partial charge in [-0.15, -0.1) is 0 Å². The molecule has 0 heterocycles. The Kier molecular flexibility index (Phi) is 8.40. The number of hydrogen-bond acceptors (Lipinski definition) is 4. The lowest BCUT2D eigenvalue weighted by Crippen LogP contribution is -2.20. The first kappa shape index (κ1) is 15.9. The summed E-state index contributed by atoms with van der Waals surface area (Å²) in [7, 11) is 0. The smallest absolute Gasteiger partial charge is 0.308 e. The average Bonchev–Trinajstić information content (AvgIpc) is 2.23. The number of carboxylic acids is 1. The van der Waals surface area contributed by atoms with Crippen molar-refractivity contribution < 1.29 is 24.5 Å². The third-order valence-electron chi connectivity index (χ3n) is 2.59. The van der Waals surface area contributed by atoms with E-state index in [2.05, 4.69) is 0 Å². The van der Waals surface area contributed by atoms with E-state index < -0.39 is 18.2 Å². The predicted octanol–water partition coefficient (Wildman–Crippen LogP) is 1.93. The first-order chi connectivity index (χ1) is 7.95. The second-order valence-electron chi connectivity index (χ2n) is 4.29. The molecule has 2 atom stereocenters. The molecule has 0 radical (unpaired) electrons. The van der Waals surface area contributed by atoms with Gasteiger partial charge in [0.2, 0.25) is 6.29 Å². The van der Waals surface area contributed by atoms with Crippen LogP contribution in [0.25, 0.3) is 0 Å². The number of unbranched alkanes of at least 4 members (excludes halogenated alkanes) is 1. The van der Waals surface area contributed by atoms with E-state index in [9.17, 15) is 14.7 Å². The van der Waals surface area contributed by atoms with Crippen molar-refractivity contribution in [2.75, 3.05) is 0 Å². The first-order valence-corrected chi connectivity index (χ1v) is 6.05. The fourth-order valence-electron chi connectivity index (χ4n) is 1.32. The maximum absolute atomic E-state index is 11.2. The number of ether oxygens (including phenoxy) is 1. The number of aliphatic carboxylic acids is 1. The molecule has 0 rings (SSSR count). The lowest BCUT2D eigenvalue weighted by Gasteiger charge is -2.15. The molecule has 0 aliphatic rings. The molecule has 0 amide bonds. The fourth-order valence-corrected chi connectivity index (χ4v) is 1.32. The van der Waals surface area contributed by atoms with Gasteiger partial charge in [-0.2, -0.15) is 0 Å². The Morgan fingerprint density at radius 3 is 2.35 bits per heavy atom. The van der Waals surface area contributed by atoms with Crippen LogP contribution in [-0.4, -0.2) is 28.4 Å². The van der Waals surface area contributed by atoms with Gasteiger partial charge in [-0.1, -0.05) is 20.3 Å². The zero-order chi connectivity index (χ0) is 13.3. The third-order valence-corrected chi connectivity index (χ3v) is 2.59. The fraction of sp³-hybridized carbons (Fsp3) is 0.833. The molecule has 0 saturated carbocycles. The van der Waals surface area contributed by atoms with Gasteiger partial charge < -0.3 is 14.9 Å². The maximum Gasteiger partial charge on any atom is 0.308 e. The highest BCUT2D eigenvalue weighted by Crippen LogP contribution is 2.11. The highest BCUT2D eigenvalue weighted by molar-refractivity contribution is 5.69. The minimum Gasteiger partial charge on any atom is -0.481 e. The lowest BCUT2D eigenvalue weighted by atomic mass is 10.1. The lowest BCUT2D eigenvalue weighted by molar-refractivity contribution is -0.170. The van der Waals surface area contributed by atoms with Crippen molar-refractivity contribution in [1.82, 2.24) is 0 Å². The maximum atomic E-state index is 11.2. The summed E-state index contributed by atoms with van der Waals surface area (Å²) >= 11 is 0. The molecule has 0 bridgehead atoms. The number of carbonyl (C=O) groups excluding carboxylic acids is 1. The molecule has 0 spiro atoms. The van der Waals surface area contributed by atoms with Gasteiger partial charge in [0, 0.05) is 19.3 Å². The van der Waals surface area contributed by atoms with E-state index in [0.29, 0.717) is 25.2 Å². The van der Waals surface area contributed by atoms with E-state index in [1.165, 1.54) is 0 Å². The van der Waals surface area contributed by atoms with Gasteiger partial charge >= 0.3 is 11.9 Å². The highest BCUT2D eigenvalue weighted by atomic mass is 16.6. The van der Waals surface area contributed by atoms with Gasteiger partial charge in [-0.05, 0) is 18.8 Å². The van der Waals surface area contributed by atoms with Crippen molar-refractivity contribution in [1.29, 1.82) is 0 Å².